The van der Waals surface area contributed by atoms with Crippen molar-refractivity contribution in [2.24, 2.45) is 5.10 Å². The Bertz CT molecular complexity index is 1260. The van der Waals surface area contributed by atoms with Crippen molar-refractivity contribution >= 4 is 41.1 Å². The second kappa shape index (κ2) is 10.1. The van der Waals surface area contributed by atoms with E-state index in [2.05, 4.69) is 10.5 Å². The lowest BCUT2D eigenvalue weighted by Crippen LogP contribution is -2.17. The molecule has 3 aromatic rings. The number of nitrogens with one attached hydrogen (secondary N) is 1. The zero-order chi connectivity index (χ0) is 24.0. The monoisotopic (exact) mass is 468 g/mol. The first-order valence-electron chi connectivity index (χ1n) is 9.08. The van der Waals surface area contributed by atoms with Crippen LogP contribution >= 0.6 is 11.6 Å². The molecule has 0 aliphatic carbocycles. The first kappa shape index (κ1) is 23.0. The standard InChI is InChI=1S/C21H13ClN4O7/c22-16-5-1-14(2-6-16)21(28)33-19-10-9-18(26(31)32)11-15(19)12-23-24-20(27)13-3-7-17(8-4-13)25(29)30/h1-12H,(H,24,27)/b23-12+. The van der Waals surface area contributed by atoms with E-state index in [-0.39, 0.29) is 33.8 Å². The highest BCUT2D eigenvalue weighted by Crippen LogP contribution is 2.24. The summed E-state index contributed by atoms with van der Waals surface area (Å²) in [5, 5.41) is 26.0. The van der Waals surface area contributed by atoms with Crippen LogP contribution in [0.25, 0.3) is 0 Å². The minimum atomic E-state index is -0.731. The fraction of sp³-hybridized carbons (Fsp3) is 0. The number of hydrogen-bond donors (Lipinski definition) is 1. The van der Waals surface area contributed by atoms with E-state index in [1.54, 1.807) is 0 Å². The van der Waals surface area contributed by atoms with Gasteiger partial charge in [0.05, 0.1) is 21.6 Å². The van der Waals surface area contributed by atoms with Gasteiger partial charge in [-0.15, -0.1) is 0 Å². The number of amides is 1. The number of nitrogens with zero attached hydrogens (tertiary/aromatic N) is 3. The number of ether oxygens (including phenoxy) is 1. The zero-order valence-corrected chi connectivity index (χ0v) is 17.3. The number of nitro benzene ring substituents is 2. The van der Waals surface area contributed by atoms with Gasteiger partial charge >= 0.3 is 5.97 Å². The lowest BCUT2D eigenvalue weighted by atomic mass is 10.2. The van der Waals surface area contributed by atoms with Crippen molar-refractivity contribution in [2.45, 2.75) is 0 Å². The van der Waals surface area contributed by atoms with Gasteiger partial charge in [-0.1, -0.05) is 11.6 Å². The predicted molar refractivity (Wildman–Crippen MR) is 118 cm³/mol. The number of carbonyl (C=O) groups excluding carboxylic acids is 2. The Kier molecular flexibility index (Phi) is 7.06. The van der Waals surface area contributed by atoms with Gasteiger partial charge in [-0.2, -0.15) is 5.10 Å². The van der Waals surface area contributed by atoms with E-state index in [9.17, 15) is 29.8 Å². The maximum Gasteiger partial charge on any atom is 0.343 e. The zero-order valence-electron chi connectivity index (χ0n) is 16.5. The second-order valence-corrected chi connectivity index (χ2v) is 6.82. The number of nitro groups is 2. The van der Waals surface area contributed by atoms with E-state index in [0.29, 0.717) is 5.02 Å². The van der Waals surface area contributed by atoms with Crippen molar-refractivity contribution in [3.05, 3.63) is 109 Å². The average molecular weight is 469 g/mol. The molecule has 0 atom stereocenters. The topological polar surface area (TPSA) is 154 Å². The van der Waals surface area contributed by atoms with E-state index >= 15 is 0 Å². The van der Waals surface area contributed by atoms with Crippen LogP contribution in [0.1, 0.15) is 26.3 Å². The Labute approximate surface area is 190 Å². The maximum atomic E-state index is 12.4. The van der Waals surface area contributed by atoms with E-state index in [0.717, 1.165) is 30.5 Å². The fourth-order valence-electron chi connectivity index (χ4n) is 2.55. The van der Waals surface area contributed by atoms with Crippen molar-refractivity contribution in [2.75, 3.05) is 0 Å². The van der Waals surface area contributed by atoms with Gasteiger partial charge in [-0.3, -0.25) is 25.0 Å². The van der Waals surface area contributed by atoms with Gasteiger partial charge in [0.1, 0.15) is 5.75 Å². The Morgan fingerprint density at radius 1 is 0.879 bits per heavy atom. The molecule has 0 aliphatic heterocycles. The van der Waals surface area contributed by atoms with Gasteiger partial charge in [0.2, 0.25) is 0 Å². The maximum absolute atomic E-state index is 12.4. The molecule has 166 valence electrons. The van der Waals surface area contributed by atoms with Crippen molar-refractivity contribution in [1.29, 1.82) is 0 Å². The van der Waals surface area contributed by atoms with Gasteiger partial charge in [0, 0.05) is 40.4 Å². The van der Waals surface area contributed by atoms with Gasteiger partial charge in [0.15, 0.2) is 0 Å². The van der Waals surface area contributed by atoms with Gasteiger partial charge < -0.3 is 4.74 Å². The molecular weight excluding hydrogens is 456 g/mol. The van der Waals surface area contributed by atoms with Crippen LogP contribution in [0.3, 0.4) is 0 Å². The Morgan fingerprint density at radius 3 is 2.06 bits per heavy atom. The molecule has 0 aliphatic rings. The summed E-state index contributed by atoms with van der Waals surface area (Å²) in [7, 11) is 0. The van der Waals surface area contributed by atoms with Crippen LogP contribution in [-0.4, -0.2) is 27.9 Å². The Morgan fingerprint density at radius 2 is 1.45 bits per heavy atom. The largest absolute Gasteiger partial charge is 0.422 e. The molecule has 0 bridgehead atoms. The highest BCUT2D eigenvalue weighted by Gasteiger charge is 2.15. The minimum Gasteiger partial charge on any atom is -0.422 e. The van der Waals surface area contributed by atoms with E-state index in [1.807, 2.05) is 0 Å². The molecule has 3 aromatic carbocycles. The van der Waals surface area contributed by atoms with Crippen LogP contribution in [0, 0.1) is 20.2 Å². The minimum absolute atomic E-state index is 0.0334. The number of hydrogen-bond acceptors (Lipinski definition) is 8. The van der Waals surface area contributed by atoms with Crippen LogP contribution in [0.15, 0.2) is 71.8 Å². The molecule has 0 fully saturated rings. The molecule has 33 heavy (non-hydrogen) atoms. The van der Waals surface area contributed by atoms with Crippen molar-refractivity contribution in [1.82, 2.24) is 5.43 Å². The third-order valence-electron chi connectivity index (χ3n) is 4.20. The Balaban J connectivity index is 1.79. The molecule has 0 saturated heterocycles. The average Bonchev–Trinajstić information content (AvgIpc) is 2.80. The smallest absolute Gasteiger partial charge is 0.343 e. The highest BCUT2D eigenvalue weighted by atomic mass is 35.5. The number of hydrazone groups is 1. The van der Waals surface area contributed by atoms with Gasteiger partial charge in [-0.05, 0) is 42.5 Å². The molecular formula is C21H13ClN4O7. The van der Waals surface area contributed by atoms with Crippen molar-refractivity contribution in [3.8, 4) is 5.75 Å². The molecule has 0 aromatic heterocycles. The van der Waals surface area contributed by atoms with Crippen LogP contribution in [0.2, 0.25) is 5.02 Å². The molecule has 0 saturated carbocycles. The number of carbonyl (C=O) groups is 2. The molecule has 11 nitrogen and oxygen atoms in total. The van der Waals surface area contributed by atoms with E-state index in [1.165, 1.54) is 42.5 Å². The SMILES string of the molecule is O=C(N/N=C/c1cc([N+](=O)[O-])ccc1OC(=O)c1ccc(Cl)cc1)c1ccc([N+](=O)[O-])cc1. The van der Waals surface area contributed by atoms with Crippen LogP contribution < -0.4 is 10.2 Å². The summed E-state index contributed by atoms with van der Waals surface area (Å²) >= 11 is 5.80. The number of rotatable bonds is 7. The van der Waals surface area contributed by atoms with E-state index < -0.39 is 21.7 Å². The molecule has 12 heteroatoms. The Hall–Kier alpha value is -4.64. The third-order valence-corrected chi connectivity index (χ3v) is 4.45. The van der Waals surface area contributed by atoms with Crippen LogP contribution in [-0.2, 0) is 0 Å². The summed E-state index contributed by atoms with van der Waals surface area (Å²) < 4.78 is 5.31. The molecule has 0 unspecified atom stereocenters. The summed E-state index contributed by atoms with van der Waals surface area (Å²) in [6.07, 6.45) is 1.07. The quantitative estimate of drug-likeness (QED) is 0.179. The van der Waals surface area contributed by atoms with Gasteiger partial charge in [-0.25, -0.2) is 10.2 Å². The molecule has 1 amide bonds. The van der Waals surface area contributed by atoms with Crippen molar-refractivity contribution in [3.63, 3.8) is 0 Å². The molecule has 0 heterocycles. The normalized spacial score (nSPS) is 10.6. The summed E-state index contributed by atoms with van der Waals surface area (Å²) in [4.78, 5) is 45.1. The van der Waals surface area contributed by atoms with Crippen LogP contribution in [0.5, 0.6) is 5.75 Å². The lowest BCUT2D eigenvalue weighted by Gasteiger charge is -2.08. The van der Waals surface area contributed by atoms with Crippen LogP contribution in [0.4, 0.5) is 11.4 Å². The molecule has 0 spiro atoms. The summed E-state index contributed by atoms with van der Waals surface area (Å²) in [5.74, 6) is -1.44. The van der Waals surface area contributed by atoms with E-state index in [4.69, 9.17) is 16.3 Å². The number of non-ortho nitro benzene ring substituents is 2. The number of halogens is 1. The fourth-order valence-corrected chi connectivity index (χ4v) is 2.67. The first-order chi connectivity index (χ1) is 15.7. The van der Waals surface area contributed by atoms with Gasteiger partial charge in [0.25, 0.3) is 17.3 Å². The molecule has 1 N–H and O–H groups in total. The second-order valence-electron chi connectivity index (χ2n) is 6.38. The summed E-state index contributed by atoms with van der Waals surface area (Å²) in [5.41, 5.74) is 2.09. The highest BCUT2D eigenvalue weighted by molar-refractivity contribution is 6.30. The predicted octanol–water partition coefficient (Wildman–Crippen LogP) is 4.14. The molecule has 3 rings (SSSR count). The summed E-state index contributed by atoms with van der Waals surface area (Å²) in [6.45, 7) is 0. The van der Waals surface area contributed by atoms with Crippen molar-refractivity contribution < 1.29 is 24.2 Å². The first-order valence-corrected chi connectivity index (χ1v) is 9.46. The number of benzene rings is 3. The number of esters is 1. The third kappa shape index (κ3) is 5.95. The lowest BCUT2D eigenvalue weighted by molar-refractivity contribution is -0.385. The summed E-state index contributed by atoms with van der Waals surface area (Å²) in [6, 6.07) is 14.2. The molecule has 0 radical (unpaired) electrons.